The average molecular weight is 151 g/mol. The van der Waals surface area contributed by atoms with E-state index in [0.717, 1.165) is 0 Å². The highest BCUT2D eigenvalue weighted by molar-refractivity contribution is 6.50. The highest BCUT2D eigenvalue weighted by Crippen LogP contribution is 1.86. The molecule has 0 bridgehead atoms. The molecule has 0 amide bonds. The Morgan fingerprint density at radius 3 is 2.11 bits per heavy atom. The maximum absolute atomic E-state index is 8.14. The Bertz CT molecular complexity index is 144. The van der Waals surface area contributed by atoms with Crippen LogP contribution in [0.1, 0.15) is 6.92 Å². The minimum atomic E-state index is 0.0341. The van der Waals surface area contributed by atoms with E-state index in [1.165, 1.54) is 6.92 Å². The quantitative estimate of drug-likeness (QED) is 0.266. The maximum Gasteiger partial charge on any atom is 0.119 e. The molecule has 0 aliphatic carbocycles. The lowest BCUT2D eigenvalue weighted by molar-refractivity contribution is 0.314. The Hall–Kier alpha value is -0.770. The molecule has 52 valence electrons. The van der Waals surface area contributed by atoms with E-state index in [1.54, 1.807) is 0 Å². The Balaban J connectivity index is 4.14. The minimum Gasteiger partial charge on any atom is -0.411 e. The van der Waals surface area contributed by atoms with E-state index in [-0.39, 0.29) is 17.3 Å². The van der Waals surface area contributed by atoms with Crippen LogP contribution >= 0.6 is 11.6 Å². The molecular weight excluding hydrogens is 144 g/mol. The van der Waals surface area contributed by atoms with Crippen molar-refractivity contribution in [3.8, 4) is 0 Å². The third kappa shape index (κ3) is 2.32. The first-order valence-electron chi connectivity index (χ1n) is 2.22. The summed E-state index contributed by atoms with van der Waals surface area (Å²) in [5.74, 6) is 0.0341. The molecule has 0 aliphatic rings. The molecule has 5 heteroatoms. The number of alkyl halides is 1. The molecule has 0 saturated heterocycles. The smallest absolute Gasteiger partial charge is 0.119 e. The lowest BCUT2D eigenvalue weighted by atomic mass is 10.3. The number of hydrogen-bond acceptors (Lipinski definition) is 4. The summed E-state index contributed by atoms with van der Waals surface area (Å²) >= 11 is 5.26. The number of nitrogens with zero attached hydrogens (tertiary/aromatic N) is 2. The highest BCUT2D eigenvalue weighted by Gasteiger charge is 2.01. The molecule has 0 fully saturated rings. The van der Waals surface area contributed by atoms with Crippen LogP contribution in [0, 0.1) is 0 Å². The molecule has 0 saturated carbocycles. The van der Waals surface area contributed by atoms with Crippen LogP contribution in [0.15, 0.2) is 10.3 Å². The van der Waals surface area contributed by atoms with Crippen LogP contribution in [0.25, 0.3) is 0 Å². The predicted molar refractivity (Wildman–Crippen MR) is 34.8 cm³/mol. The topological polar surface area (TPSA) is 65.2 Å². The van der Waals surface area contributed by atoms with E-state index < -0.39 is 0 Å². The highest BCUT2D eigenvalue weighted by atomic mass is 35.5. The molecule has 0 spiro atoms. The molecule has 0 unspecified atom stereocenters. The summed E-state index contributed by atoms with van der Waals surface area (Å²) in [4.78, 5) is 0. The van der Waals surface area contributed by atoms with Crippen molar-refractivity contribution in [1.29, 1.82) is 0 Å². The van der Waals surface area contributed by atoms with E-state index in [1.807, 2.05) is 0 Å². The van der Waals surface area contributed by atoms with Gasteiger partial charge in [-0.3, -0.25) is 0 Å². The first kappa shape index (κ1) is 8.23. The Morgan fingerprint density at radius 2 is 2.00 bits per heavy atom. The van der Waals surface area contributed by atoms with E-state index in [4.69, 9.17) is 22.0 Å². The van der Waals surface area contributed by atoms with Crippen molar-refractivity contribution in [3.05, 3.63) is 0 Å². The van der Waals surface area contributed by atoms with Gasteiger partial charge in [0.1, 0.15) is 11.4 Å². The zero-order valence-electron chi connectivity index (χ0n) is 4.87. The third-order valence-electron chi connectivity index (χ3n) is 0.815. The van der Waals surface area contributed by atoms with Gasteiger partial charge in [-0.2, -0.15) is 0 Å². The Labute approximate surface area is 57.4 Å². The largest absolute Gasteiger partial charge is 0.411 e. The minimum absolute atomic E-state index is 0.0341. The van der Waals surface area contributed by atoms with Crippen molar-refractivity contribution in [3.63, 3.8) is 0 Å². The van der Waals surface area contributed by atoms with Gasteiger partial charge in [-0.05, 0) is 6.92 Å². The van der Waals surface area contributed by atoms with Gasteiger partial charge in [0.05, 0.1) is 5.88 Å². The molecule has 0 aromatic carbocycles. The molecule has 0 aromatic rings. The van der Waals surface area contributed by atoms with Gasteiger partial charge in [0, 0.05) is 0 Å². The molecule has 0 aliphatic heterocycles. The Morgan fingerprint density at radius 1 is 1.44 bits per heavy atom. The molecule has 0 heterocycles. The van der Waals surface area contributed by atoms with Gasteiger partial charge >= 0.3 is 0 Å². The Kier molecular flexibility index (Phi) is 3.79. The van der Waals surface area contributed by atoms with Gasteiger partial charge in [-0.25, -0.2) is 0 Å². The molecule has 0 radical (unpaired) electrons. The molecule has 0 atom stereocenters. The molecule has 9 heavy (non-hydrogen) atoms. The van der Waals surface area contributed by atoms with Crippen LogP contribution in [0.5, 0.6) is 0 Å². The second-order valence-corrected chi connectivity index (χ2v) is 1.63. The van der Waals surface area contributed by atoms with E-state index in [9.17, 15) is 0 Å². The average Bonchev–Trinajstić information content (AvgIpc) is 1.90. The lowest BCUT2D eigenvalue weighted by Crippen LogP contribution is -2.11. The van der Waals surface area contributed by atoms with Crippen molar-refractivity contribution >= 4 is 23.0 Å². The fourth-order valence-electron chi connectivity index (χ4n) is 0.253. The monoisotopic (exact) mass is 150 g/mol. The van der Waals surface area contributed by atoms with Crippen molar-refractivity contribution < 1.29 is 10.4 Å². The summed E-state index contributed by atoms with van der Waals surface area (Å²) in [6.45, 7) is 1.48. The third-order valence-corrected chi connectivity index (χ3v) is 1.07. The van der Waals surface area contributed by atoms with Crippen molar-refractivity contribution in [2.24, 2.45) is 10.3 Å². The lowest BCUT2D eigenvalue weighted by Gasteiger charge is -1.93. The van der Waals surface area contributed by atoms with E-state index >= 15 is 0 Å². The second kappa shape index (κ2) is 4.14. The number of oxime groups is 2. The molecule has 0 rings (SSSR count). The predicted octanol–water partition coefficient (Wildman–Crippen LogP) is 0.905. The summed E-state index contributed by atoms with van der Waals surface area (Å²) in [5.41, 5.74) is 0.381. The van der Waals surface area contributed by atoms with Crippen LogP contribution in [-0.2, 0) is 0 Å². The van der Waals surface area contributed by atoms with E-state index in [2.05, 4.69) is 10.3 Å². The fourth-order valence-corrected chi connectivity index (χ4v) is 0.500. The standard InChI is InChI=1S/C4H7ClN2O2/c1-3(6-8)4(2-5)7-9/h8-9H,2H2,1H3. The number of halogens is 1. The summed E-state index contributed by atoms with van der Waals surface area (Å²) < 4.78 is 0. The summed E-state index contributed by atoms with van der Waals surface area (Å²) in [5, 5.41) is 21.8. The second-order valence-electron chi connectivity index (χ2n) is 1.37. The zero-order valence-corrected chi connectivity index (χ0v) is 5.63. The fraction of sp³-hybridized carbons (Fsp3) is 0.500. The van der Waals surface area contributed by atoms with Crippen LogP contribution in [0.4, 0.5) is 0 Å². The van der Waals surface area contributed by atoms with Crippen LogP contribution in [0.3, 0.4) is 0 Å². The molecule has 0 aromatic heterocycles. The zero-order chi connectivity index (χ0) is 7.28. The number of rotatable bonds is 2. The van der Waals surface area contributed by atoms with Gasteiger partial charge in [0.15, 0.2) is 0 Å². The molecule has 4 nitrogen and oxygen atoms in total. The SMILES string of the molecule is CC(=NO)C(CCl)=NO. The summed E-state index contributed by atoms with van der Waals surface area (Å²) in [6, 6.07) is 0. The van der Waals surface area contributed by atoms with Crippen LogP contribution in [-0.4, -0.2) is 27.7 Å². The van der Waals surface area contributed by atoms with Crippen LogP contribution in [0.2, 0.25) is 0 Å². The summed E-state index contributed by atoms with van der Waals surface area (Å²) in [6.07, 6.45) is 0. The van der Waals surface area contributed by atoms with Gasteiger partial charge in [-0.1, -0.05) is 10.3 Å². The van der Waals surface area contributed by atoms with E-state index in [0.29, 0.717) is 0 Å². The van der Waals surface area contributed by atoms with Crippen molar-refractivity contribution in [2.45, 2.75) is 6.92 Å². The van der Waals surface area contributed by atoms with Crippen LogP contribution < -0.4 is 0 Å². The van der Waals surface area contributed by atoms with Crippen molar-refractivity contribution in [1.82, 2.24) is 0 Å². The van der Waals surface area contributed by atoms with Gasteiger partial charge < -0.3 is 10.4 Å². The summed E-state index contributed by atoms with van der Waals surface area (Å²) in [7, 11) is 0. The van der Waals surface area contributed by atoms with Gasteiger partial charge in [0.2, 0.25) is 0 Å². The molecular formula is C4H7ClN2O2. The first-order chi connectivity index (χ1) is 4.26. The number of hydrogen-bond donors (Lipinski definition) is 2. The normalized spacial score (nSPS) is 14.0. The molecule has 2 N–H and O–H groups in total. The van der Waals surface area contributed by atoms with Crippen molar-refractivity contribution in [2.75, 3.05) is 5.88 Å². The first-order valence-corrected chi connectivity index (χ1v) is 2.75. The van der Waals surface area contributed by atoms with Gasteiger partial charge in [0.25, 0.3) is 0 Å². The maximum atomic E-state index is 8.14. The van der Waals surface area contributed by atoms with Gasteiger partial charge in [-0.15, -0.1) is 11.6 Å².